The smallest absolute Gasteiger partial charge is 0.235 e. The molecular formula is C13H16N2O2. The highest BCUT2D eigenvalue weighted by molar-refractivity contribution is 5.93. The second-order valence-corrected chi connectivity index (χ2v) is 4.59. The Hall–Kier alpha value is -1.42. The number of rotatable bonds is 2. The normalized spacial score (nSPS) is 22.9. The molecule has 1 aliphatic heterocycles. The maximum Gasteiger partial charge on any atom is 0.235 e. The number of aliphatic hydroxyl groups is 1. The molecule has 1 N–H and O–H groups in total. The Morgan fingerprint density at radius 2 is 2.18 bits per heavy atom. The number of aryl methyl sites for hydroxylation is 2. The number of aromatic nitrogens is 1. The lowest BCUT2D eigenvalue weighted by molar-refractivity contribution is 0.227. The standard InChI is InChI=1S/C13H16N2O2/c16-7-10-8-17-13(14-10)12-6-5-9-3-1-2-4-11(9)15-12/h5-6,10,16H,1-4,7-8H2. The average molecular weight is 232 g/mol. The Labute approximate surface area is 100 Å². The molecule has 0 spiro atoms. The topological polar surface area (TPSA) is 54.7 Å². The van der Waals surface area contributed by atoms with E-state index in [-0.39, 0.29) is 12.6 Å². The molecule has 2 heterocycles. The van der Waals surface area contributed by atoms with Gasteiger partial charge in [-0.2, -0.15) is 0 Å². The van der Waals surface area contributed by atoms with Gasteiger partial charge in [0.15, 0.2) is 0 Å². The molecule has 0 aromatic carbocycles. The van der Waals surface area contributed by atoms with Crippen LogP contribution in [0.3, 0.4) is 0 Å². The largest absolute Gasteiger partial charge is 0.474 e. The summed E-state index contributed by atoms with van der Waals surface area (Å²) in [5, 5.41) is 9.02. The van der Waals surface area contributed by atoms with Crippen molar-refractivity contribution in [2.75, 3.05) is 13.2 Å². The Kier molecular flexibility index (Phi) is 2.81. The molecule has 0 saturated carbocycles. The molecule has 4 heteroatoms. The van der Waals surface area contributed by atoms with Gasteiger partial charge < -0.3 is 9.84 Å². The van der Waals surface area contributed by atoms with E-state index in [4.69, 9.17) is 9.84 Å². The van der Waals surface area contributed by atoms with Crippen molar-refractivity contribution in [2.24, 2.45) is 4.99 Å². The van der Waals surface area contributed by atoms with Crippen LogP contribution in [0.4, 0.5) is 0 Å². The van der Waals surface area contributed by atoms with Crippen molar-refractivity contribution < 1.29 is 9.84 Å². The molecule has 1 unspecified atom stereocenters. The minimum absolute atomic E-state index is 0.0362. The summed E-state index contributed by atoms with van der Waals surface area (Å²) in [6.07, 6.45) is 4.67. The summed E-state index contributed by atoms with van der Waals surface area (Å²) >= 11 is 0. The number of hydrogen-bond acceptors (Lipinski definition) is 4. The zero-order valence-corrected chi connectivity index (χ0v) is 9.72. The fraction of sp³-hybridized carbons (Fsp3) is 0.538. The molecule has 90 valence electrons. The number of aliphatic imine (C=N–C) groups is 1. The summed E-state index contributed by atoms with van der Waals surface area (Å²) in [7, 11) is 0. The maximum absolute atomic E-state index is 9.02. The highest BCUT2D eigenvalue weighted by Gasteiger charge is 2.21. The fourth-order valence-corrected chi connectivity index (χ4v) is 2.35. The first-order chi connectivity index (χ1) is 8.36. The molecule has 0 fully saturated rings. The van der Waals surface area contributed by atoms with Crippen molar-refractivity contribution in [2.45, 2.75) is 31.7 Å². The molecule has 17 heavy (non-hydrogen) atoms. The van der Waals surface area contributed by atoms with E-state index in [2.05, 4.69) is 16.0 Å². The molecule has 0 amide bonds. The Morgan fingerprint density at radius 1 is 1.29 bits per heavy atom. The van der Waals surface area contributed by atoms with Crippen molar-refractivity contribution >= 4 is 5.90 Å². The molecule has 3 rings (SSSR count). The molecular weight excluding hydrogens is 216 g/mol. The summed E-state index contributed by atoms with van der Waals surface area (Å²) in [5.74, 6) is 0.581. The summed E-state index contributed by atoms with van der Waals surface area (Å²) < 4.78 is 5.46. The first-order valence-corrected chi connectivity index (χ1v) is 6.17. The van der Waals surface area contributed by atoms with Gasteiger partial charge in [-0.3, -0.25) is 0 Å². The van der Waals surface area contributed by atoms with Crippen molar-refractivity contribution in [1.82, 2.24) is 4.98 Å². The number of ether oxygens (including phenoxy) is 1. The summed E-state index contributed by atoms with van der Waals surface area (Å²) in [4.78, 5) is 8.93. The van der Waals surface area contributed by atoms with E-state index in [0.717, 1.165) is 18.5 Å². The van der Waals surface area contributed by atoms with E-state index in [1.54, 1.807) is 0 Å². The van der Waals surface area contributed by atoms with Crippen LogP contribution in [0.2, 0.25) is 0 Å². The molecule has 1 aliphatic carbocycles. The predicted octanol–water partition coefficient (Wildman–Crippen LogP) is 1.10. The molecule has 4 nitrogen and oxygen atoms in total. The van der Waals surface area contributed by atoms with Gasteiger partial charge >= 0.3 is 0 Å². The van der Waals surface area contributed by atoms with Crippen LogP contribution in [0.25, 0.3) is 0 Å². The average Bonchev–Trinajstić information content (AvgIpc) is 2.87. The second-order valence-electron chi connectivity index (χ2n) is 4.59. The minimum Gasteiger partial charge on any atom is -0.474 e. The van der Waals surface area contributed by atoms with Crippen LogP contribution in [0, 0.1) is 0 Å². The summed E-state index contributed by atoms with van der Waals surface area (Å²) in [6, 6.07) is 3.99. The van der Waals surface area contributed by atoms with E-state index in [1.807, 2.05) is 6.07 Å². The van der Waals surface area contributed by atoms with Gasteiger partial charge in [0, 0.05) is 5.69 Å². The van der Waals surface area contributed by atoms with Crippen LogP contribution >= 0.6 is 0 Å². The summed E-state index contributed by atoms with van der Waals surface area (Å²) in [5.41, 5.74) is 3.35. The van der Waals surface area contributed by atoms with E-state index in [9.17, 15) is 0 Å². The van der Waals surface area contributed by atoms with Crippen LogP contribution in [-0.2, 0) is 17.6 Å². The maximum atomic E-state index is 9.02. The van der Waals surface area contributed by atoms with Crippen LogP contribution in [0.1, 0.15) is 29.8 Å². The van der Waals surface area contributed by atoms with Crippen LogP contribution in [0.15, 0.2) is 17.1 Å². The van der Waals surface area contributed by atoms with Gasteiger partial charge in [-0.15, -0.1) is 0 Å². The van der Waals surface area contributed by atoms with Gasteiger partial charge in [0.1, 0.15) is 18.3 Å². The Bertz CT molecular complexity index is 457. The Balaban J connectivity index is 1.89. The number of pyridine rings is 1. The van der Waals surface area contributed by atoms with Gasteiger partial charge in [-0.05, 0) is 37.3 Å². The summed E-state index contributed by atoms with van der Waals surface area (Å²) in [6.45, 7) is 0.499. The van der Waals surface area contributed by atoms with Crippen molar-refractivity contribution in [3.05, 3.63) is 29.1 Å². The van der Waals surface area contributed by atoms with E-state index >= 15 is 0 Å². The first-order valence-electron chi connectivity index (χ1n) is 6.17. The van der Waals surface area contributed by atoms with Gasteiger partial charge in [-0.1, -0.05) is 6.07 Å². The molecule has 1 aromatic heterocycles. The Morgan fingerprint density at radius 3 is 3.00 bits per heavy atom. The molecule has 0 radical (unpaired) electrons. The van der Waals surface area contributed by atoms with Gasteiger partial charge in [0.25, 0.3) is 0 Å². The molecule has 0 bridgehead atoms. The highest BCUT2D eigenvalue weighted by Crippen LogP contribution is 2.20. The molecule has 1 atom stereocenters. The number of hydrogen-bond donors (Lipinski definition) is 1. The third-order valence-corrected chi connectivity index (χ3v) is 3.32. The van der Waals surface area contributed by atoms with Gasteiger partial charge in [-0.25, -0.2) is 9.98 Å². The molecule has 2 aliphatic rings. The SMILES string of the molecule is OCC1COC(c2ccc3c(n2)CCCC3)=N1. The lowest BCUT2D eigenvalue weighted by atomic mass is 9.96. The highest BCUT2D eigenvalue weighted by atomic mass is 16.5. The molecule has 0 saturated heterocycles. The van der Waals surface area contributed by atoms with Crippen molar-refractivity contribution in [3.8, 4) is 0 Å². The minimum atomic E-state index is -0.122. The second kappa shape index (κ2) is 4.45. The quantitative estimate of drug-likeness (QED) is 0.830. The predicted molar refractivity (Wildman–Crippen MR) is 64.2 cm³/mol. The van der Waals surface area contributed by atoms with Crippen LogP contribution < -0.4 is 0 Å². The van der Waals surface area contributed by atoms with Crippen LogP contribution in [-0.4, -0.2) is 35.2 Å². The van der Waals surface area contributed by atoms with E-state index in [0.29, 0.717) is 12.5 Å². The number of fused-ring (bicyclic) bond motifs is 1. The van der Waals surface area contributed by atoms with Gasteiger partial charge in [0.2, 0.25) is 5.90 Å². The fourth-order valence-electron chi connectivity index (χ4n) is 2.35. The third kappa shape index (κ3) is 2.05. The zero-order valence-electron chi connectivity index (χ0n) is 9.72. The lowest BCUT2D eigenvalue weighted by Crippen LogP contribution is -2.11. The van der Waals surface area contributed by atoms with E-state index < -0.39 is 0 Å². The third-order valence-electron chi connectivity index (χ3n) is 3.32. The number of nitrogens with zero attached hydrogens (tertiary/aromatic N) is 2. The van der Waals surface area contributed by atoms with E-state index in [1.165, 1.54) is 24.1 Å². The van der Waals surface area contributed by atoms with Crippen molar-refractivity contribution in [3.63, 3.8) is 0 Å². The first kappa shape index (κ1) is 10.7. The molecule has 1 aromatic rings. The van der Waals surface area contributed by atoms with Crippen molar-refractivity contribution in [1.29, 1.82) is 0 Å². The monoisotopic (exact) mass is 232 g/mol. The zero-order chi connectivity index (χ0) is 11.7. The van der Waals surface area contributed by atoms with Crippen LogP contribution in [0.5, 0.6) is 0 Å². The van der Waals surface area contributed by atoms with Gasteiger partial charge in [0.05, 0.1) is 6.61 Å². The lowest BCUT2D eigenvalue weighted by Gasteiger charge is -2.15. The number of aliphatic hydroxyl groups excluding tert-OH is 1.